The van der Waals surface area contributed by atoms with Gasteiger partial charge in [0.2, 0.25) is 0 Å². The second-order valence-corrected chi connectivity index (χ2v) is 10.7. The number of aryl methyl sites for hydroxylation is 2. The van der Waals surface area contributed by atoms with E-state index >= 15 is 4.39 Å². The number of amides is 1. The van der Waals surface area contributed by atoms with Crippen LogP contribution in [0.4, 0.5) is 4.39 Å². The van der Waals surface area contributed by atoms with E-state index < -0.39 is 5.82 Å². The van der Waals surface area contributed by atoms with Gasteiger partial charge in [-0.15, -0.1) is 0 Å². The lowest BCUT2D eigenvalue weighted by Gasteiger charge is -2.35. The fraction of sp³-hybridized carbons (Fsp3) is 0.344. The van der Waals surface area contributed by atoms with Gasteiger partial charge in [-0.2, -0.15) is 5.10 Å². The van der Waals surface area contributed by atoms with Crippen molar-refractivity contribution in [3.8, 4) is 17.0 Å². The Kier molecular flexibility index (Phi) is 6.88. The number of nitrogens with one attached hydrogen (secondary N) is 1. The van der Waals surface area contributed by atoms with Crippen molar-refractivity contribution in [2.24, 2.45) is 5.92 Å². The van der Waals surface area contributed by atoms with Crippen LogP contribution in [0.5, 0.6) is 5.75 Å². The number of benzene rings is 2. The summed E-state index contributed by atoms with van der Waals surface area (Å²) in [6.07, 6.45) is 2.20. The predicted molar refractivity (Wildman–Crippen MR) is 151 cm³/mol. The number of pyridine rings is 1. The molecule has 4 aromatic rings. The molecule has 0 spiro atoms. The lowest BCUT2D eigenvalue weighted by Crippen LogP contribution is -2.39. The molecule has 0 bridgehead atoms. The van der Waals surface area contributed by atoms with Gasteiger partial charge in [0.15, 0.2) is 0 Å². The molecule has 1 unspecified atom stereocenters. The molecule has 1 amide bonds. The van der Waals surface area contributed by atoms with Gasteiger partial charge >= 0.3 is 5.97 Å². The third-order valence-corrected chi connectivity index (χ3v) is 8.36. The molecule has 40 heavy (non-hydrogen) atoms. The normalized spacial score (nSPS) is 18.6. The molecule has 2 aliphatic heterocycles. The molecule has 1 saturated heterocycles. The van der Waals surface area contributed by atoms with E-state index in [4.69, 9.17) is 9.84 Å². The largest absolute Gasteiger partial charge is 0.426 e. The van der Waals surface area contributed by atoms with Crippen LogP contribution >= 0.6 is 0 Å². The molecule has 0 saturated carbocycles. The number of hydrogen-bond donors (Lipinski definition) is 1. The van der Waals surface area contributed by atoms with Crippen molar-refractivity contribution in [2.75, 3.05) is 19.6 Å². The van der Waals surface area contributed by atoms with E-state index in [1.807, 2.05) is 43.0 Å². The van der Waals surface area contributed by atoms with Gasteiger partial charge in [0, 0.05) is 36.0 Å². The topological polar surface area (TPSA) is 75.9 Å². The van der Waals surface area contributed by atoms with Gasteiger partial charge in [-0.05, 0) is 80.6 Å². The SMILES string of the molecule is CCc1cc(C(=O)N2CCc3ccccc3[C@H]2C)c(C)c2cc(-c3ccc(OC(=O)C4CCNC4)cc3F)nn12. The Morgan fingerprint density at radius 1 is 1.15 bits per heavy atom. The summed E-state index contributed by atoms with van der Waals surface area (Å²) in [6, 6.07) is 16.4. The summed E-state index contributed by atoms with van der Waals surface area (Å²) in [4.78, 5) is 28.2. The van der Waals surface area contributed by atoms with Crippen molar-refractivity contribution in [3.63, 3.8) is 0 Å². The number of fused-ring (bicyclic) bond motifs is 2. The van der Waals surface area contributed by atoms with Crippen molar-refractivity contribution in [2.45, 2.75) is 46.1 Å². The maximum Gasteiger partial charge on any atom is 0.315 e. The lowest BCUT2D eigenvalue weighted by molar-refractivity contribution is -0.138. The Balaban J connectivity index is 1.32. The fourth-order valence-electron chi connectivity index (χ4n) is 5.97. The third-order valence-electron chi connectivity index (χ3n) is 8.36. The molecule has 4 heterocycles. The molecule has 2 aromatic heterocycles. The van der Waals surface area contributed by atoms with Crippen LogP contribution in [0.25, 0.3) is 16.8 Å². The average Bonchev–Trinajstić information content (AvgIpc) is 3.65. The monoisotopic (exact) mass is 540 g/mol. The molecule has 0 radical (unpaired) electrons. The number of ether oxygens (including phenoxy) is 1. The minimum atomic E-state index is -0.522. The Morgan fingerprint density at radius 3 is 2.73 bits per heavy atom. The van der Waals surface area contributed by atoms with Crippen LogP contribution in [-0.2, 0) is 17.6 Å². The smallest absolute Gasteiger partial charge is 0.315 e. The quantitative estimate of drug-likeness (QED) is 0.275. The second kappa shape index (κ2) is 10.5. The van der Waals surface area contributed by atoms with E-state index in [0.717, 1.165) is 29.7 Å². The van der Waals surface area contributed by atoms with E-state index in [1.165, 1.54) is 17.2 Å². The molecule has 7 nitrogen and oxygen atoms in total. The van der Waals surface area contributed by atoms with Crippen molar-refractivity contribution < 1.29 is 18.7 Å². The van der Waals surface area contributed by atoms with E-state index in [0.29, 0.717) is 42.8 Å². The van der Waals surface area contributed by atoms with Crippen LogP contribution in [-0.4, -0.2) is 46.0 Å². The zero-order chi connectivity index (χ0) is 28.0. The highest BCUT2D eigenvalue weighted by Gasteiger charge is 2.30. The van der Waals surface area contributed by atoms with Gasteiger partial charge in [-0.25, -0.2) is 8.91 Å². The summed E-state index contributed by atoms with van der Waals surface area (Å²) in [5.74, 6) is -0.911. The molecule has 1 fully saturated rings. The number of rotatable bonds is 5. The lowest BCUT2D eigenvalue weighted by atomic mass is 9.92. The average molecular weight is 541 g/mol. The summed E-state index contributed by atoms with van der Waals surface area (Å²) in [7, 11) is 0. The number of hydrogen-bond acceptors (Lipinski definition) is 5. The highest BCUT2D eigenvalue weighted by Crippen LogP contribution is 2.33. The zero-order valence-corrected chi connectivity index (χ0v) is 23.0. The molecule has 206 valence electrons. The molecule has 6 rings (SSSR count). The second-order valence-electron chi connectivity index (χ2n) is 10.7. The van der Waals surface area contributed by atoms with E-state index in [-0.39, 0.29) is 29.6 Å². The first kappa shape index (κ1) is 26.2. The van der Waals surface area contributed by atoms with E-state index in [2.05, 4.69) is 24.4 Å². The molecular weight excluding hydrogens is 507 g/mol. The number of carbonyl (C=O) groups is 2. The summed E-state index contributed by atoms with van der Waals surface area (Å²) in [5, 5.41) is 7.86. The van der Waals surface area contributed by atoms with E-state index in [9.17, 15) is 9.59 Å². The van der Waals surface area contributed by atoms with Crippen molar-refractivity contribution in [1.29, 1.82) is 0 Å². The van der Waals surface area contributed by atoms with Crippen LogP contribution < -0.4 is 10.1 Å². The van der Waals surface area contributed by atoms with Crippen molar-refractivity contribution in [3.05, 3.63) is 88.4 Å². The number of esters is 1. The van der Waals surface area contributed by atoms with Gasteiger partial charge < -0.3 is 15.0 Å². The summed E-state index contributed by atoms with van der Waals surface area (Å²) >= 11 is 0. The first-order valence-corrected chi connectivity index (χ1v) is 14.0. The summed E-state index contributed by atoms with van der Waals surface area (Å²) in [5.41, 5.74) is 6.34. The van der Waals surface area contributed by atoms with E-state index in [1.54, 1.807) is 16.6 Å². The summed E-state index contributed by atoms with van der Waals surface area (Å²) in [6.45, 7) is 8.03. The molecule has 8 heteroatoms. The first-order valence-electron chi connectivity index (χ1n) is 14.0. The molecule has 2 aromatic carbocycles. The zero-order valence-electron chi connectivity index (χ0n) is 23.0. The predicted octanol–water partition coefficient (Wildman–Crippen LogP) is 5.29. The van der Waals surface area contributed by atoms with Gasteiger partial charge in [0.05, 0.1) is 23.2 Å². The number of nitrogens with zero attached hydrogens (tertiary/aromatic N) is 3. The Morgan fingerprint density at radius 2 is 1.98 bits per heavy atom. The summed E-state index contributed by atoms with van der Waals surface area (Å²) < 4.78 is 22.5. The van der Waals surface area contributed by atoms with Crippen LogP contribution in [0.15, 0.2) is 54.6 Å². The molecule has 1 N–H and O–H groups in total. The number of halogens is 1. The van der Waals surface area contributed by atoms with Gasteiger partial charge in [0.1, 0.15) is 11.6 Å². The Bertz CT molecular complexity index is 1620. The van der Waals surface area contributed by atoms with Gasteiger partial charge in [-0.1, -0.05) is 31.2 Å². The number of aromatic nitrogens is 2. The minimum absolute atomic E-state index is 0.00531. The fourth-order valence-corrected chi connectivity index (χ4v) is 5.97. The van der Waals surface area contributed by atoms with Crippen LogP contribution in [0.2, 0.25) is 0 Å². The van der Waals surface area contributed by atoms with Gasteiger partial charge in [-0.3, -0.25) is 9.59 Å². The standard InChI is InChI=1S/C32H33FN4O3/c1-4-23-15-27(31(38)36-14-12-21-7-5-6-8-25(21)20(36)3)19(2)30-17-29(35-37(23)30)26-10-9-24(16-28(26)33)40-32(39)22-11-13-34-18-22/h5-10,15-17,20,22,34H,4,11-14,18H2,1-3H3/t20-,22?/m1/s1. The highest BCUT2D eigenvalue weighted by atomic mass is 19.1. The Hall–Kier alpha value is -4.04. The molecule has 2 atom stereocenters. The molecule has 2 aliphatic rings. The Labute approximate surface area is 232 Å². The number of carbonyl (C=O) groups excluding carboxylic acids is 2. The first-order chi connectivity index (χ1) is 19.4. The third kappa shape index (κ3) is 4.56. The highest BCUT2D eigenvalue weighted by molar-refractivity contribution is 5.98. The molecule has 0 aliphatic carbocycles. The van der Waals surface area contributed by atoms with Crippen molar-refractivity contribution >= 4 is 17.4 Å². The van der Waals surface area contributed by atoms with Crippen LogP contribution in [0, 0.1) is 18.7 Å². The minimum Gasteiger partial charge on any atom is -0.426 e. The van der Waals surface area contributed by atoms with Crippen molar-refractivity contribution in [1.82, 2.24) is 19.8 Å². The molecular formula is C32H33FN4O3. The van der Waals surface area contributed by atoms with Gasteiger partial charge in [0.25, 0.3) is 5.91 Å². The van der Waals surface area contributed by atoms with Crippen LogP contribution in [0.3, 0.4) is 0 Å². The van der Waals surface area contributed by atoms with Crippen LogP contribution in [0.1, 0.15) is 59.1 Å². The maximum absolute atomic E-state index is 15.3. The maximum atomic E-state index is 15.3.